The van der Waals surface area contributed by atoms with Crippen LogP contribution in [-0.4, -0.2) is 16.0 Å². The lowest BCUT2D eigenvalue weighted by Gasteiger charge is -2.04. The van der Waals surface area contributed by atoms with Crippen LogP contribution in [0, 0.1) is 10.1 Å². The van der Waals surface area contributed by atoms with Crippen LogP contribution in [0.5, 0.6) is 0 Å². The average molecular weight is 399 g/mol. The standard InChI is InChI=1S/C19H11ClN2O6/c20-12-5-6-15(22(24)25)14(8-12)19(23)26-10-13-9-18(28-21-13)17-7-11-3-1-2-4-16(11)27-17/h1-9H,10H2. The molecule has 0 saturated carbocycles. The summed E-state index contributed by atoms with van der Waals surface area (Å²) in [5, 5.41) is 16.0. The van der Waals surface area contributed by atoms with Crippen molar-refractivity contribution < 1.29 is 23.4 Å². The van der Waals surface area contributed by atoms with Crippen molar-refractivity contribution in [1.82, 2.24) is 5.16 Å². The summed E-state index contributed by atoms with van der Waals surface area (Å²) >= 11 is 5.82. The maximum Gasteiger partial charge on any atom is 0.345 e. The molecule has 0 saturated heterocycles. The van der Waals surface area contributed by atoms with Gasteiger partial charge in [0.1, 0.15) is 23.4 Å². The minimum absolute atomic E-state index is 0.186. The molecule has 140 valence electrons. The molecule has 2 aromatic carbocycles. The van der Waals surface area contributed by atoms with E-state index >= 15 is 0 Å². The number of ether oxygens (including phenoxy) is 1. The lowest BCUT2D eigenvalue weighted by molar-refractivity contribution is -0.385. The highest BCUT2D eigenvalue weighted by molar-refractivity contribution is 6.31. The van der Waals surface area contributed by atoms with Gasteiger partial charge in [-0.15, -0.1) is 0 Å². The molecule has 2 heterocycles. The minimum atomic E-state index is -0.887. The summed E-state index contributed by atoms with van der Waals surface area (Å²) in [6.07, 6.45) is 0. The number of hydrogen-bond acceptors (Lipinski definition) is 7. The summed E-state index contributed by atoms with van der Waals surface area (Å²) in [6, 6.07) is 14.5. The van der Waals surface area contributed by atoms with E-state index in [-0.39, 0.29) is 17.2 Å². The number of furan rings is 1. The third-order valence-electron chi connectivity index (χ3n) is 3.95. The molecule has 0 N–H and O–H groups in total. The number of nitrogens with zero attached hydrogens (tertiary/aromatic N) is 2. The van der Waals surface area contributed by atoms with Crippen molar-refractivity contribution >= 4 is 34.2 Å². The summed E-state index contributed by atoms with van der Waals surface area (Å²) in [5.74, 6) is -0.0322. The first kappa shape index (κ1) is 17.7. The second kappa shape index (κ2) is 7.16. The van der Waals surface area contributed by atoms with Crippen LogP contribution in [-0.2, 0) is 11.3 Å². The molecule has 0 fully saturated rings. The van der Waals surface area contributed by atoms with E-state index in [1.165, 1.54) is 12.1 Å². The van der Waals surface area contributed by atoms with E-state index in [0.717, 1.165) is 11.5 Å². The van der Waals surface area contributed by atoms with Gasteiger partial charge in [0.05, 0.1) is 4.92 Å². The quantitative estimate of drug-likeness (QED) is 0.264. The number of carbonyl (C=O) groups is 1. The number of esters is 1. The molecule has 9 heteroatoms. The largest absolute Gasteiger partial charge is 0.455 e. The molecule has 0 aliphatic rings. The molecule has 0 amide bonds. The Bertz CT molecular complexity index is 1160. The second-order valence-electron chi connectivity index (χ2n) is 5.83. The first-order valence-corrected chi connectivity index (χ1v) is 8.44. The number of halogens is 1. The highest BCUT2D eigenvalue weighted by Crippen LogP contribution is 2.28. The molecule has 0 bridgehead atoms. The highest BCUT2D eigenvalue weighted by Gasteiger charge is 2.22. The van der Waals surface area contributed by atoms with E-state index in [4.69, 9.17) is 25.3 Å². The Morgan fingerprint density at radius 3 is 2.75 bits per heavy atom. The van der Waals surface area contributed by atoms with Crippen molar-refractivity contribution in [2.24, 2.45) is 0 Å². The topological polar surface area (TPSA) is 109 Å². The van der Waals surface area contributed by atoms with Gasteiger partial charge in [-0.3, -0.25) is 10.1 Å². The van der Waals surface area contributed by atoms with Gasteiger partial charge >= 0.3 is 5.97 Å². The van der Waals surface area contributed by atoms with E-state index in [0.29, 0.717) is 22.8 Å². The average Bonchev–Trinajstić information content (AvgIpc) is 3.32. The Hall–Kier alpha value is -3.65. The fourth-order valence-corrected chi connectivity index (χ4v) is 2.82. The van der Waals surface area contributed by atoms with E-state index in [1.807, 2.05) is 24.3 Å². The molecule has 4 aromatic rings. The number of carbonyl (C=O) groups excluding carboxylic acids is 1. The van der Waals surface area contributed by atoms with Gasteiger partial charge in [0.15, 0.2) is 5.76 Å². The first-order chi connectivity index (χ1) is 13.5. The van der Waals surface area contributed by atoms with Gasteiger partial charge in [0, 0.05) is 22.5 Å². The summed E-state index contributed by atoms with van der Waals surface area (Å²) < 4.78 is 16.0. The molecule has 0 unspecified atom stereocenters. The molecule has 0 aliphatic carbocycles. The third-order valence-corrected chi connectivity index (χ3v) is 4.19. The molecule has 8 nitrogen and oxygen atoms in total. The zero-order chi connectivity index (χ0) is 19.7. The van der Waals surface area contributed by atoms with Gasteiger partial charge in [-0.2, -0.15) is 0 Å². The number of nitro groups is 1. The summed E-state index contributed by atoms with van der Waals surface area (Å²) in [5.41, 5.74) is 0.402. The zero-order valence-corrected chi connectivity index (χ0v) is 14.9. The van der Waals surface area contributed by atoms with E-state index < -0.39 is 16.6 Å². The van der Waals surface area contributed by atoms with Gasteiger partial charge in [-0.1, -0.05) is 35.0 Å². The van der Waals surface area contributed by atoms with Gasteiger partial charge in [-0.25, -0.2) is 4.79 Å². The lowest BCUT2D eigenvalue weighted by atomic mass is 10.2. The van der Waals surface area contributed by atoms with E-state index in [9.17, 15) is 14.9 Å². The fourth-order valence-electron chi connectivity index (χ4n) is 2.65. The lowest BCUT2D eigenvalue weighted by Crippen LogP contribution is -2.08. The molecule has 2 aromatic heterocycles. The van der Waals surface area contributed by atoms with Gasteiger partial charge in [0.25, 0.3) is 5.69 Å². The Labute approximate surface area is 162 Å². The van der Waals surface area contributed by atoms with Crippen LogP contribution in [0.25, 0.3) is 22.5 Å². The molecule has 0 atom stereocenters. The number of rotatable bonds is 5. The van der Waals surface area contributed by atoms with Crippen LogP contribution < -0.4 is 0 Å². The first-order valence-electron chi connectivity index (χ1n) is 8.07. The maximum absolute atomic E-state index is 12.2. The molecule has 0 radical (unpaired) electrons. The van der Waals surface area contributed by atoms with E-state index in [1.54, 1.807) is 12.1 Å². The minimum Gasteiger partial charge on any atom is -0.455 e. The van der Waals surface area contributed by atoms with Crippen LogP contribution >= 0.6 is 11.6 Å². The number of para-hydroxylation sites is 1. The van der Waals surface area contributed by atoms with E-state index in [2.05, 4.69) is 5.16 Å². The predicted molar refractivity (Wildman–Crippen MR) is 98.9 cm³/mol. The van der Waals surface area contributed by atoms with Gasteiger partial charge < -0.3 is 13.7 Å². The highest BCUT2D eigenvalue weighted by atomic mass is 35.5. The van der Waals surface area contributed by atoms with Crippen molar-refractivity contribution in [3.05, 3.63) is 81.0 Å². The monoisotopic (exact) mass is 398 g/mol. The fraction of sp³-hybridized carbons (Fsp3) is 0.0526. The van der Waals surface area contributed by atoms with Crippen molar-refractivity contribution in [3.63, 3.8) is 0 Å². The van der Waals surface area contributed by atoms with Gasteiger partial charge in [0.2, 0.25) is 5.76 Å². The predicted octanol–water partition coefficient (Wildman–Crippen LogP) is 5.01. The van der Waals surface area contributed by atoms with Crippen molar-refractivity contribution in [1.29, 1.82) is 0 Å². The Morgan fingerprint density at radius 1 is 1.14 bits per heavy atom. The van der Waals surface area contributed by atoms with Crippen molar-refractivity contribution in [2.75, 3.05) is 0 Å². The van der Waals surface area contributed by atoms with Crippen LogP contribution in [0.15, 0.2) is 63.5 Å². The Balaban J connectivity index is 1.50. The SMILES string of the molecule is O=C(OCc1cc(-c2cc3ccccc3o2)on1)c1cc(Cl)ccc1[N+](=O)[O-]. The third kappa shape index (κ3) is 3.45. The molecule has 4 rings (SSSR count). The molecule has 0 spiro atoms. The second-order valence-corrected chi connectivity index (χ2v) is 6.26. The van der Waals surface area contributed by atoms with Crippen molar-refractivity contribution in [3.8, 4) is 11.5 Å². The molecular weight excluding hydrogens is 388 g/mol. The van der Waals surface area contributed by atoms with Crippen LogP contribution in [0.1, 0.15) is 16.1 Å². The zero-order valence-electron chi connectivity index (χ0n) is 14.1. The normalized spacial score (nSPS) is 10.9. The molecule has 0 aliphatic heterocycles. The number of benzene rings is 2. The Kier molecular flexibility index (Phi) is 4.54. The summed E-state index contributed by atoms with van der Waals surface area (Å²) in [7, 11) is 0. The smallest absolute Gasteiger partial charge is 0.345 e. The molecule has 28 heavy (non-hydrogen) atoms. The summed E-state index contributed by atoms with van der Waals surface area (Å²) in [4.78, 5) is 22.6. The Morgan fingerprint density at radius 2 is 1.96 bits per heavy atom. The summed E-state index contributed by atoms with van der Waals surface area (Å²) in [6.45, 7) is -0.230. The van der Waals surface area contributed by atoms with Crippen molar-refractivity contribution in [2.45, 2.75) is 6.61 Å². The van der Waals surface area contributed by atoms with Crippen LogP contribution in [0.2, 0.25) is 5.02 Å². The molecular formula is C19H11ClN2O6. The number of aromatic nitrogens is 1. The number of fused-ring (bicyclic) bond motifs is 1. The van der Waals surface area contributed by atoms with Gasteiger partial charge in [-0.05, 0) is 24.3 Å². The van der Waals surface area contributed by atoms with Crippen LogP contribution in [0.3, 0.4) is 0 Å². The number of hydrogen-bond donors (Lipinski definition) is 0. The maximum atomic E-state index is 12.2. The number of nitro benzene ring substituents is 1. The van der Waals surface area contributed by atoms with Crippen LogP contribution in [0.4, 0.5) is 5.69 Å².